The number of rotatable bonds is 4. The largest absolute Gasteiger partial charge is 0.322 e. The molecule has 0 atom stereocenters. The molecule has 1 amide bonds. The van der Waals surface area contributed by atoms with E-state index in [1.54, 1.807) is 24.3 Å². The first-order valence-corrected chi connectivity index (χ1v) is 10.5. The van der Waals surface area contributed by atoms with E-state index in [4.69, 9.17) is 0 Å². The lowest BCUT2D eigenvalue weighted by molar-refractivity contribution is 0.102. The summed E-state index contributed by atoms with van der Waals surface area (Å²) in [5.41, 5.74) is 3.88. The minimum atomic E-state index is -3.63. The predicted octanol–water partition coefficient (Wildman–Crippen LogP) is 4.00. The summed E-state index contributed by atoms with van der Waals surface area (Å²) in [4.78, 5) is 12.6. The Morgan fingerprint density at radius 3 is 2.46 bits per heavy atom. The third kappa shape index (κ3) is 3.39. The number of carbonyl (C=O) groups excluding carboxylic acids is 1. The molecule has 0 aliphatic carbocycles. The predicted molar refractivity (Wildman–Crippen MR) is 110 cm³/mol. The van der Waals surface area contributed by atoms with Gasteiger partial charge in [-0.2, -0.15) is 0 Å². The minimum absolute atomic E-state index is 0.206. The lowest BCUT2D eigenvalue weighted by Gasteiger charge is -2.19. The highest BCUT2D eigenvalue weighted by atomic mass is 32.2. The Labute approximate surface area is 164 Å². The molecule has 0 fully saturated rings. The average Bonchev–Trinajstić information content (AvgIpc) is 3.13. The molecule has 1 aliphatic rings. The smallest absolute Gasteiger partial charge is 0.264 e. The molecule has 0 bridgehead atoms. The molecule has 5 nitrogen and oxygen atoms in total. The van der Waals surface area contributed by atoms with Crippen LogP contribution in [0.1, 0.15) is 21.5 Å². The summed E-state index contributed by atoms with van der Waals surface area (Å²) in [5, 5.41) is 2.80. The summed E-state index contributed by atoms with van der Waals surface area (Å²) in [7, 11) is -3.63. The topological polar surface area (TPSA) is 66.5 Å². The number of para-hydroxylation sites is 1. The molecule has 3 aromatic carbocycles. The van der Waals surface area contributed by atoms with Gasteiger partial charge in [-0.1, -0.05) is 35.9 Å². The van der Waals surface area contributed by atoms with E-state index in [0.29, 0.717) is 24.2 Å². The van der Waals surface area contributed by atoms with Crippen molar-refractivity contribution in [3.8, 4) is 0 Å². The molecular formula is C22H20N2O3S. The molecule has 0 radical (unpaired) electrons. The third-order valence-corrected chi connectivity index (χ3v) is 6.65. The zero-order valence-corrected chi connectivity index (χ0v) is 16.2. The monoisotopic (exact) mass is 392 g/mol. The highest BCUT2D eigenvalue weighted by Crippen LogP contribution is 2.32. The maximum absolute atomic E-state index is 13.0. The number of nitrogens with zero attached hydrogens (tertiary/aromatic N) is 1. The molecule has 0 aromatic heterocycles. The maximum Gasteiger partial charge on any atom is 0.264 e. The summed E-state index contributed by atoms with van der Waals surface area (Å²) in [6.45, 7) is 2.36. The van der Waals surface area contributed by atoms with Crippen molar-refractivity contribution in [1.82, 2.24) is 0 Å². The second-order valence-electron chi connectivity index (χ2n) is 6.80. The standard InChI is InChI=1S/C22H20N2O3S/c1-16-5-4-7-18(15-16)22(25)23-19-9-11-20(12-10-19)28(26,27)24-14-13-17-6-2-3-8-21(17)24/h2-12,15H,13-14H2,1H3,(H,23,25). The van der Waals surface area contributed by atoms with E-state index in [0.717, 1.165) is 16.8 Å². The van der Waals surface area contributed by atoms with Crippen LogP contribution < -0.4 is 9.62 Å². The van der Waals surface area contributed by atoms with Gasteiger partial charge in [0.25, 0.3) is 15.9 Å². The minimum Gasteiger partial charge on any atom is -0.322 e. The Balaban J connectivity index is 1.54. The fraction of sp³-hybridized carbons (Fsp3) is 0.136. The van der Waals surface area contributed by atoms with Gasteiger partial charge in [0.15, 0.2) is 0 Å². The molecule has 142 valence electrons. The van der Waals surface area contributed by atoms with Crippen molar-refractivity contribution in [2.45, 2.75) is 18.2 Å². The molecule has 0 unspecified atom stereocenters. The number of amides is 1. The van der Waals surface area contributed by atoms with E-state index in [-0.39, 0.29) is 10.8 Å². The van der Waals surface area contributed by atoms with Gasteiger partial charge in [0.2, 0.25) is 0 Å². The highest BCUT2D eigenvalue weighted by Gasteiger charge is 2.30. The van der Waals surface area contributed by atoms with E-state index in [9.17, 15) is 13.2 Å². The Morgan fingerprint density at radius 1 is 0.964 bits per heavy atom. The van der Waals surface area contributed by atoms with Gasteiger partial charge in [-0.05, 0) is 61.4 Å². The summed E-state index contributed by atoms with van der Waals surface area (Å²) in [6.07, 6.45) is 0.708. The van der Waals surface area contributed by atoms with Gasteiger partial charge in [0.1, 0.15) is 0 Å². The van der Waals surface area contributed by atoms with Crippen LogP contribution in [0.5, 0.6) is 0 Å². The van der Waals surface area contributed by atoms with Crippen molar-refractivity contribution in [2.75, 3.05) is 16.2 Å². The Hall–Kier alpha value is -3.12. The van der Waals surface area contributed by atoms with Gasteiger partial charge in [-0.25, -0.2) is 8.42 Å². The van der Waals surface area contributed by atoms with Gasteiger partial charge in [-0.3, -0.25) is 9.10 Å². The van der Waals surface area contributed by atoms with Crippen LogP contribution in [0.4, 0.5) is 11.4 Å². The van der Waals surface area contributed by atoms with Crippen LogP contribution in [0.3, 0.4) is 0 Å². The van der Waals surface area contributed by atoms with E-state index < -0.39 is 10.0 Å². The molecule has 28 heavy (non-hydrogen) atoms. The van der Waals surface area contributed by atoms with Crippen LogP contribution in [-0.4, -0.2) is 20.9 Å². The Kier molecular flexibility index (Phi) is 4.65. The number of aryl methyl sites for hydroxylation is 1. The van der Waals surface area contributed by atoms with E-state index >= 15 is 0 Å². The zero-order chi connectivity index (χ0) is 19.7. The number of hydrogen-bond donors (Lipinski definition) is 1. The normalized spacial score (nSPS) is 13.2. The average molecular weight is 392 g/mol. The fourth-order valence-corrected chi connectivity index (χ4v) is 4.89. The molecule has 6 heteroatoms. The van der Waals surface area contributed by atoms with Crippen molar-refractivity contribution >= 4 is 27.3 Å². The summed E-state index contributed by atoms with van der Waals surface area (Å²) in [5.74, 6) is -0.229. The third-order valence-electron chi connectivity index (χ3n) is 4.82. The fourth-order valence-electron chi connectivity index (χ4n) is 3.38. The lowest BCUT2D eigenvalue weighted by atomic mass is 10.1. The molecule has 0 saturated heterocycles. The van der Waals surface area contributed by atoms with Crippen molar-refractivity contribution in [3.63, 3.8) is 0 Å². The highest BCUT2D eigenvalue weighted by molar-refractivity contribution is 7.92. The summed E-state index contributed by atoms with van der Waals surface area (Å²) in [6, 6.07) is 21.1. The van der Waals surface area contributed by atoms with E-state index in [2.05, 4.69) is 5.32 Å². The molecule has 0 spiro atoms. The summed E-state index contributed by atoms with van der Waals surface area (Å²) >= 11 is 0. The van der Waals surface area contributed by atoms with E-state index in [1.165, 1.54) is 16.4 Å². The van der Waals surface area contributed by atoms with Gasteiger partial charge >= 0.3 is 0 Å². The Morgan fingerprint density at radius 2 is 1.71 bits per heavy atom. The van der Waals surface area contributed by atoms with Gasteiger partial charge in [0, 0.05) is 17.8 Å². The van der Waals surface area contributed by atoms with Crippen molar-refractivity contribution in [2.24, 2.45) is 0 Å². The zero-order valence-electron chi connectivity index (χ0n) is 15.4. The van der Waals surface area contributed by atoms with Crippen LogP contribution in [0.25, 0.3) is 0 Å². The quantitative estimate of drug-likeness (QED) is 0.730. The molecule has 3 aromatic rings. The van der Waals surface area contributed by atoms with Gasteiger partial charge < -0.3 is 5.32 Å². The molecule has 1 N–H and O–H groups in total. The molecule has 4 rings (SSSR count). The first-order chi connectivity index (χ1) is 13.4. The van der Waals surface area contributed by atoms with E-state index in [1.807, 2.05) is 43.3 Å². The number of fused-ring (bicyclic) bond motifs is 1. The lowest BCUT2D eigenvalue weighted by Crippen LogP contribution is -2.29. The second kappa shape index (κ2) is 7.13. The molecule has 0 saturated carbocycles. The summed E-state index contributed by atoms with van der Waals surface area (Å²) < 4.78 is 27.5. The van der Waals surface area contributed by atoms with Crippen LogP contribution in [0.15, 0.2) is 77.7 Å². The van der Waals surface area contributed by atoms with Gasteiger partial charge in [0.05, 0.1) is 10.6 Å². The number of benzene rings is 3. The first kappa shape index (κ1) is 18.3. The van der Waals surface area contributed by atoms with Crippen molar-refractivity contribution in [1.29, 1.82) is 0 Å². The molecule has 1 heterocycles. The number of hydrogen-bond acceptors (Lipinski definition) is 3. The number of anilines is 2. The van der Waals surface area contributed by atoms with Crippen LogP contribution in [0.2, 0.25) is 0 Å². The number of nitrogens with one attached hydrogen (secondary N) is 1. The SMILES string of the molecule is Cc1cccc(C(=O)Nc2ccc(S(=O)(=O)N3CCc4ccccc43)cc2)c1. The number of sulfonamides is 1. The maximum atomic E-state index is 13.0. The molecule has 1 aliphatic heterocycles. The Bertz CT molecular complexity index is 1140. The van der Waals surface area contributed by atoms with Crippen molar-refractivity contribution < 1.29 is 13.2 Å². The van der Waals surface area contributed by atoms with Crippen LogP contribution in [0, 0.1) is 6.92 Å². The molecular weight excluding hydrogens is 372 g/mol. The van der Waals surface area contributed by atoms with Crippen molar-refractivity contribution in [3.05, 3.63) is 89.5 Å². The first-order valence-electron chi connectivity index (χ1n) is 9.04. The van der Waals surface area contributed by atoms with Gasteiger partial charge in [-0.15, -0.1) is 0 Å². The second-order valence-corrected chi connectivity index (χ2v) is 8.67. The van der Waals surface area contributed by atoms with Crippen LogP contribution in [-0.2, 0) is 16.4 Å². The van der Waals surface area contributed by atoms with Crippen LogP contribution >= 0.6 is 0 Å². The number of carbonyl (C=O) groups is 1.